The van der Waals surface area contributed by atoms with Crippen LogP contribution in [-0.2, 0) is 0 Å². The zero-order valence-electron chi connectivity index (χ0n) is 42.1. The molecular weight excluding hydrogens is 1030 g/mol. The summed E-state index contributed by atoms with van der Waals surface area (Å²) >= 11 is -4.28. The van der Waals surface area contributed by atoms with Crippen molar-refractivity contribution in [2.45, 2.75) is 18.8 Å². The van der Waals surface area contributed by atoms with Crippen LogP contribution in [0.1, 0.15) is 11.1 Å². The summed E-state index contributed by atoms with van der Waals surface area (Å²) in [5.41, 5.74) is 19.7. The Morgan fingerprint density at radius 3 is 0.855 bits per heavy atom. The summed E-state index contributed by atoms with van der Waals surface area (Å²) in [7, 11) is 0. The number of hydrogen-bond acceptors (Lipinski definition) is 3. The minimum absolute atomic E-state index is 0.939. The molecule has 358 valence electrons. The van der Waals surface area contributed by atoms with Gasteiger partial charge in [-0.15, -0.1) is 0 Å². The van der Waals surface area contributed by atoms with Crippen LogP contribution in [0, 0.1) is 13.8 Å². The second-order valence-electron chi connectivity index (χ2n) is 21.2. The summed E-state index contributed by atoms with van der Waals surface area (Å²) in [5.74, 6) is 1.88. The van der Waals surface area contributed by atoms with Gasteiger partial charge in [-0.2, -0.15) is 0 Å². The zero-order chi connectivity index (χ0) is 50.1. The summed E-state index contributed by atoms with van der Waals surface area (Å²) in [6.07, 6.45) is 0. The van der Waals surface area contributed by atoms with Crippen molar-refractivity contribution in [2.75, 3.05) is 9.80 Å². The van der Waals surface area contributed by atoms with Gasteiger partial charge in [-0.25, -0.2) is 0 Å². The van der Waals surface area contributed by atoms with Crippen LogP contribution in [0.2, 0.25) is 4.94 Å². The maximum absolute atomic E-state index is 7.79. The number of anilines is 6. The van der Waals surface area contributed by atoms with E-state index in [2.05, 4.69) is 273 Å². The van der Waals surface area contributed by atoms with E-state index in [1.165, 1.54) is 88.0 Å². The third-order valence-corrected chi connectivity index (χ3v) is 29.9. The summed E-state index contributed by atoms with van der Waals surface area (Å²) in [5, 5.41) is 7.39. The van der Waals surface area contributed by atoms with Gasteiger partial charge in [-0.3, -0.25) is 0 Å². The van der Waals surface area contributed by atoms with Gasteiger partial charge in [0.15, 0.2) is 0 Å². The fourth-order valence-electron chi connectivity index (χ4n) is 13.8. The van der Waals surface area contributed by atoms with Crippen molar-refractivity contribution in [1.29, 1.82) is 0 Å². The molecule has 6 nitrogen and oxygen atoms in total. The fourth-order valence-corrected chi connectivity index (χ4v) is 27.4. The van der Waals surface area contributed by atoms with Crippen LogP contribution in [0.15, 0.2) is 231 Å². The molecule has 7 heteroatoms. The normalized spacial score (nSPS) is 13.9. The summed E-state index contributed by atoms with van der Waals surface area (Å²) in [6.45, 7) is 4.37. The molecule has 14 aromatic rings. The molecule has 3 aliphatic rings. The predicted molar refractivity (Wildman–Crippen MR) is 319 cm³/mol. The van der Waals surface area contributed by atoms with E-state index >= 15 is 0 Å². The van der Waals surface area contributed by atoms with Gasteiger partial charge in [0.1, 0.15) is 0 Å². The molecule has 17 rings (SSSR count). The number of rotatable bonds is 5. The molecule has 3 aromatic heterocycles. The Labute approximate surface area is 443 Å². The van der Waals surface area contributed by atoms with E-state index in [0.29, 0.717) is 0 Å². The second kappa shape index (κ2) is 15.3. The first-order chi connectivity index (χ1) is 37.4. The fraction of sp³-hybridized carbons (Fsp3) is 0.0435. The van der Waals surface area contributed by atoms with Gasteiger partial charge in [0.25, 0.3) is 0 Å². The Kier molecular flexibility index (Phi) is 8.54. The molecule has 0 saturated carbocycles. The van der Waals surface area contributed by atoms with Gasteiger partial charge in [-0.05, 0) is 0 Å². The number of aryl methyl sites for hydroxylation is 2. The Morgan fingerprint density at radius 2 is 0.553 bits per heavy atom. The summed E-state index contributed by atoms with van der Waals surface area (Å²) < 4.78 is 19.4. The molecule has 11 aromatic carbocycles. The van der Waals surface area contributed by atoms with Gasteiger partial charge in [-0.1, -0.05) is 0 Å². The molecule has 0 aliphatic carbocycles. The number of benzene rings is 11. The number of fused-ring (bicyclic) bond motifs is 9. The Hall–Kier alpha value is -8.98. The average molecular weight is 1080 g/mol. The number of nitrogens with zero attached hydrogens (tertiary/aromatic N) is 5. The molecule has 3 aliphatic heterocycles. The summed E-state index contributed by atoms with van der Waals surface area (Å²) in [4.78, 5) is 7.86. The predicted octanol–water partition coefficient (Wildman–Crippen LogP) is 16.4. The van der Waals surface area contributed by atoms with Crippen molar-refractivity contribution in [2.24, 2.45) is 0 Å². The van der Waals surface area contributed by atoms with Crippen LogP contribution in [0.3, 0.4) is 0 Å². The first-order valence-electron chi connectivity index (χ1n) is 26.3. The third-order valence-electron chi connectivity index (χ3n) is 17.0. The zero-order valence-corrected chi connectivity index (χ0v) is 44.9. The molecule has 0 fully saturated rings. The molecule has 0 spiro atoms. The Bertz CT molecular complexity index is 4450. The van der Waals surface area contributed by atoms with Crippen molar-refractivity contribution >= 4 is 129 Å². The molecule has 0 N–H and O–H groups in total. The monoisotopic (exact) mass is 1080 g/mol. The van der Waals surface area contributed by atoms with Gasteiger partial charge >= 0.3 is 446 Å². The number of ether oxygens (including phenoxy) is 1. The van der Waals surface area contributed by atoms with Crippen molar-refractivity contribution in [1.82, 2.24) is 13.7 Å². The molecule has 0 saturated heterocycles. The SMILES string of the molecule is Cc1ccc(N2c3cc(-n4c5ccccc5c5ccccc54)cc4[c]3[Sn]3([CH3])[c]5c(cc(-n6c7ccccc7c7ccccc76)cc5N(c5ccc(C)cc5)c5cc(-n6c7ccccc7c7ccccc76)cc2[c]53)O4)cc1. The van der Waals surface area contributed by atoms with Crippen LogP contribution in [0.4, 0.5) is 34.1 Å². The van der Waals surface area contributed by atoms with Crippen LogP contribution in [0.5, 0.6) is 11.5 Å². The van der Waals surface area contributed by atoms with Crippen molar-refractivity contribution in [3.05, 3.63) is 242 Å². The minimum atomic E-state index is -4.28. The average Bonchev–Trinajstić information content (AvgIpc) is 4.21. The molecule has 0 bridgehead atoms. The van der Waals surface area contributed by atoms with E-state index < -0.39 is 18.4 Å². The van der Waals surface area contributed by atoms with Gasteiger partial charge < -0.3 is 0 Å². The van der Waals surface area contributed by atoms with Crippen molar-refractivity contribution in [3.8, 4) is 28.6 Å². The van der Waals surface area contributed by atoms with E-state index in [-0.39, 0.29) is 0 Å². The van der Waals surface area contributed by atoms with Gasteiger partial charge in [0.05, 0.1) is 0 Å². The van der Waals surface area contributed by atoms with E-state index in [0.717, 1.165) is 62.0 Å². The van der Waals surface area contributed by atoms with Crippen molar-refractivity contribution in [3.63, 3.8) is 0 Å². The van der Waals surface area contributed by atoms with Crippen LogP contribution in [0.25, 0.3) is 82.5 Å². The molecule has 76 heavy (non-hydrogen) atoms. The second-order valence-corrected chi connectivity index (χ2v) is 31.9. The Morgan fingerprint density at radius 1 is 0.289 bits per heavy atom. The molecular formula is C69H47N5OSn. The number of aromatic nitrogens is 3. The van der Waals surface area contributed by atoms with Crippen LogP contribution >= 0.6 is 0 Å². The van der Waals surface area contributed by atoms with E-state index in [9.17, 15) is 0 Å². The molecule has 0 amide bonds. The van der Waals surface area contributed by atoms with E-state index in [1.807, 2.05) is 0 Å². The molecule has 0 radical (unpaired) electrons. The van der Waals surface area contributed by atoms with Gasteiger partial charge in [0, 0.05) is 0 Å². The molecule has 0 unspecified atom stereocenters. The first-order valence-corrected chi connectivity index (χ1v) is 33.5. The molecule has 0 atom stereocenters. The van der Waals surface area contributed by atoms with Gasteiger partial charge in [0.2, 0.25) is 0 Å². The maximum atomic E-state index is 7.79. The number of para-hydroxylation sites is 6. The van der Waals surface area contributed by atoms with Crippen LogP contribution in [-0.4, -0.2) is 32.1 Å². The quantitative estimate of drug-likeness (QED) is 0.161. The summed E-state index contributed by atoms with van der Waals surface area (Å²) in [6, 6.07) is 86.2. The van der Waals surface area contributed by atoms with E-state index in [1.54, 1.807) is 0 Å². The number of hydrogen-bond donors (Lipinski definition) is 0. The third kappa shape index (κ3) is 5.56. The van der Waals surface area contributed by atoms with E-state index in [4.69, 9.17) is 4.74 Å². The molecule has 6 heterocycles. The van der Waals surface area contributed by atoms with Crippen molar-refractivity contribution < 1.29 is 4.74 Å². The first kappa shape index (κ1) is 42.4. The topological polar surface area (TPSA) is 30.5 Å². The van der Waals surface area contributed by atoms with Crippen LogP contribution < -0.4 is 25.3 Å². The standard InChI is InChI=1S/C68H44N5O.CH3.Sn/c1-44-27-31-46(32-28-44)69-48-35-49(37-50(36-48)71-63-21-9-3-15-57(63)58-16-4-10-22-64(58)71)70(47-33-29-45(2)30-34-47)52-39-54(73-67-25-13-7-19-61(67)62-20-8-14-26-68(62)73)43-56(41-52)74-55-40-51(69)38-53(42-55)72-65-23-11-5-17-59(65)60-18-6-12-24-66(60)72;;/h3-34,36-39,42-43H,1-2H3;1H3;. The Balaban J connectivity index is 1.06.